The molecule has 0 radical (unpaired) electrons. The Labute approximate surface area is 115 Å². The first kappa shape index (κ1) is 13.7. The number of rotatable bonds is 6. The number of aromatic nitrogens is 3. The quantitative estimate of drug-likeness (QED) is 0.864. The highest BCUT2D eigenvalue weighted by Crippen LogP contribution is 2.11. The molecule has 2 rings (SSSR count). The van der Waals surface area contributed by atoms with Gasteiger partial charge in [-0.15, -0.1) is 11.3 Å². The fourth-order valence-electron chi connectivity index (χ4n) is 1.66. The monoisotopic (exact) mass is 280 g/mol. The number of thiazole rings is 1. The van der Waals surface area contributed by atoms with Gasteiger partial charge in [0.05, 0.1) is 36.4 Å². The molecule has 0 bridgehead atoms. The summed E-state index contributed by atoms with van der Waals surface area (Å²) in [5.41, 5.74) is 3.38. The number of methoxy groups -OCH3 is 1. The molecular formula is C12H16N4O2S. The van der Waals surface area contributed by atoms with Crippen LogP contribution in [0.4, 0.5) is 0 Å². The van der Waals surface area contributed by atoms with Crippen LogP contribution in [0.2, 0.25) is 0 Å². The minimum absolute atomic E-state index is 0.0977. The normalized spacial score (nSPS) is 10.6. The van der Waals surface area contributed by atoms with Crippen molar-refractivity contribution in [1.82, 2.24) is 19.9 Å². The van der Waals surface area contributed by atoms with Crippen LogP contribution < -0.4 is 5.32 Å². The largest absolute Gasteiger partial charge is 0.383 e. The minimum atomic E-state index is -0.0977. The van der Waals surface area contributed by atoms with Gasteiger partial charge in [0.15, 0.2) is 0 Å². The van der Waals surface area contributed by atoms with Crippen molar-refractivity contribution < 1.29 is 9.53 Å². The number of nitrogens with zero attached hydrogens (tertiary/aromatic N) is 3. The molecule has 0 aliphatic rings. The molecule has 2 aromatic heterocycles. The summed E-state index contributed by atoms with van der Waals surface area (Å²) in [7, 11) is 1.66. The predicted octanol–water partition coefficient (Wildman–Crippen LogP) is 1.22. The van der Waals surface area contributed by atoms with E-state index in [1.54, 1.807) is 25.1 Å². The standard InChI is InChI=1S/C12H16N4O2S/c1-9-11(19-8-15-9)12(17)14-6-10-5-13-7-16(10)3-4-18-2/h5,7-8H,3-4,6H2,1-2H3,(H,14,17). The van der Waals surface area contributed by atoms with Crippen LogP contribution in [0.25, 0.3) is 0 Å². The number of aryl methyl sites for hydroxylation is 1. The molecular weight excluding hydrogens is 264 g/mol. The highest BCUT2D eigenvalue weighted by Gasteiger charge is 2.12. The van der Waals surface area contributed by atoms with Crippen molar-refractivity contribution in [3.8, 4) is 0 Å². The van der Waals surface area contributed by atoms with Crippen LogP contribution in [-0.4, -0.2) is 34.2 Å². The molecule has 0 saturated carbocycles. The Kier molecular flexibility index (Phi) is 4.64. The maximum atomic E-state index is 12.0. The Hall–Kier alpha value is -1.73. The zero-order chi connectivity index (χ0) is 13.7. The number of amides is 1. The average Bonchev–Trinajstić information content (AvgIpc) is 3.02. The molecule has 0 aromatic carbocycles. The lowest BCUT2D eigenvalue weighted by atomic mass is 10.3. The summed E-state index contributed by atoms with van der Waals surface area (Å²) in [6.45, 7) is 3.61. The lowest BCUT2D eigenvalue weighted by Gasteiger charge is -2.08. The van der Waals surface area contributed by atoms with Gasteiger partial charge in [-0.1, -0.05) is 0 Å². The zero-order valence-electron chi connectivity index (χ0n) is 10.9. The highest BCUT2D eigenvalue weighted by molar-refractivity contribution is 7.11. The first-order chi connectivity index (χ1) is 9.22. The summed E-state index contributed by atoms with van der Waals surface area (Å²) in [5.74, 6) is -0.0977. The molecule has 1 amide bonds. The molecule has 0 saturated heterocycles. The molecule has 2 aromatic rings. The topological polar surface area (TPSA) is 69.0 Å². The third kappa shape index (κ3) is 3.39. The van der Waals surface area contributed by atoms with E-state index in [9.17, 15) is 4.79 Å². The van der Waals surface area contributed by atoms with Crippen LogP contribution >= 0.6 is 11.3 Å². The van der Waals surface area contributed by atoms with Crippen LogP contribution in [0.3, 0.4) is 0 Å². The van der Waals surface area contributed by atoms with Crippen LogP contribution in [0.5, 0.6) is 0 Å². The molecule has 0 aliphatic heterocycles. The second kappa shape index (κ2) is 6.44. The van der Waals surface area contributed by atoms with Crippen LogP contribution in [0, 0.1) is 6.92 Å². The van der Waals surface area contributed by atoms with E-state index in [1.807, 2.05) is 11.5 Å². The van der Waals surface area contributed by atoms with Gasteiger partial charge in [-0.05, 0) is 6.92 Å². The van der Waals surface area contributed by atoms with Gasteiger partial charge in [0.25, 0.3) is 5.91 Å². The lowest BCUT2D eigenvalue weighted by Crippen LogP contribution is -2.24. The number of hydrogen-bond acceptors (Lipinski definition) is 5. The van der Waals surface area contributed by atoms with Gasteiger partial charge >= 0.3 is 0 Å². The van der Waals surface area contributed by atoms with E-state index >= 15 is 0 Å². The van der Waals surface area contributed by atoms with Crippen LogP contribution in [-0.2, 0) is 17.8 Å². The van der Waals surface area contributed by atoms with Crippen molar-refractivity contribution in [3.05, 3.63) is 34.3 Å². The van der Waals surface area contributed by atoms with Gasteiger partial charge in [0, 0.05) is 19.9 Å². The Morgan fingerprint density at radius 1 is 1.58 bits per heavy atom. The van der Waals surface area contributed by atoms with Gasteiger partial charge in [0.1, 0.15) is 4.88 Å². The Morgan fingerprint density at radius 2 is 2.42 bits per heavy atom. The maximum Gasteiger partial charge on any atom is 0.263 e. The van der Waals surface area contributed by atoms with E-state index in [0.29, 0.717) is 18.0 Å². The molecule has 0 spiro atoms. The third-order valence-electron chi connectivity index (χ3n) is 2.72. The van der Waals surface area contributed by atoms with Crippen molar-refractivity contribution in [1.29, 1.82) is 0 Å². The van der Waals surface area contributed by atoms with E-state index in [1.165, 1.54) is 11.3 Å². The zero-order valence-corrected chi connectivity index (χ0v) is 11.7. The Bertz CT molecular complexity index is 549. The van der Waals surface area contributed by atoms with E-state index in [2.05, 4.69) is 15.3 Å². The number of ether oxygens (including phenoxy) is 1. The second-order valence-electron chi connectivity index (χ2n) is 4.02. The number of nitrogens with one attached hydrogen (secondary N) is 1. The first-order valence-corrected chi connectivity index (χ1v) is 6.76. The second-order valence-corrected chi connectivity index (χ2v) is 4.88. The van der Waals surface area contributed by atoms with Crippen LogP contribution in [0.1, 0.15) is 21.1 Å². The van der Waals surface area contributed by atoms with E-state index in [-0.39, 0.29) is 5.91 Å². The number of carbonyl (C=O) groups excluding carboxylic acids is 1. The SMILES string of the molecule is COCCn1cncc1CNC(=O)c1scnc1C. The Morgan fingerprint density at radius 3 is 3.11 bits per heavy atom. The van der Waals surface area contributed by atoms with Crippen LogP contribution in [0.15, 0.2) is 18.0 Å². The molecule has 1 N–H and O–H groups in total. The van der Waals surface area contributed by atoms with Crippen molar-refractivity contribution in [3.63, 3.8) is 0 Å². The fraction of sp³-hybridized carbons (Fsp3) is 0.417. The predicted molar refractivity (Wildman–Crippen MR) is 72.1 cm³/mol. The van der Waals surface area contributed by atoms with Gasteiger partial charge in [0.2, 0.25) is 0 Å². The van der Waals surface area contributed by atoms with Gasteiger partial charge in [-0.2, -0.15) is 0 Å². The summed E-state index contributed by atoms with van der Waals surface area (Å²) >= 11 is 1.35. The fourth-order valence-corrected chi connectivity index (χ4v) is 2.38. The summed E-state index contributed by atoms with van der Waals surface area (Å²) in [6, 6.07) is 0. The van der Waals surface area contributed by atoms with Crippen molar-refractivity contribution in [2.24, 2.45) is 0 Å². The Balaban J connectivity index is 1.94. The first-order valence-electron chi connectivity index (χ1n) is 5.88. The number of imidazole rings is 1. The van der Waals surface area contributed by atoms with Crippen molar-refractivity contribution >= 4 is 17.2 Å². The van der Waals surface area contributed by atoms with E-state index in [4.69, 9.17) is 4.74 Å². The third-order valence-corrected chi connectivity index (χ3v) is 3.64. The number of carbonyl (C=O) groups is 1. The summed E-state index contributed by atoms with van der Waals surface area (Å²) in [4.78, 5) is 20.8. The van der Waals surface area contributed by atoms with E-state index < -0.39 is 0 Å². The molecule has 0 fully saturated rings. The molecule has 6 nitrogen and oxygen atoms in total. The molecule has 7 heteroatoms. The molecule has 0 aliphatic carbocycles. The smallest absolute Gasteiger partial charge is 0.263 e. The summed E-state index contributed by atoms with van der Waals surface area (Å²) in [6.07, 6.45) is 3.48. The number of hydrogen-bond donors (Lipinski definition) is 1. The van der Waals surface area contributed by atoms with Gasteiger partial charge in [-0.25, -0.2) is 9.97 Å². The average molecular weight is 280 g/mol. The summed E-state index contributed by atoms with van der Waals surface area (Å²) in [5, 5.41) is 2.87. The molecule has 0 unspecified atom stereocenters. The van der Waals surface area contributed by atoms with E-state index in [0.717, 1.165) is 17.9 Å². The van der Waals surface area contributed by atoms with Crippen molar-refractivity contribution in [2.75, 3.05) is 13.7 Å². The van der Waals surface area contributed by atoms with Gasteiger partial charge < -0.3 is 14.6 Å². The summed E-state index contributed by atoms with van der Waals surface area (Å²) < 4.78 is 6.99. The lowest BCUT2D eigenvalue weighted by molar-refractivity contribution is 0.0953. The highest BCUT2D eigenvalue weighted by atomic mass is 32.1. The maximum absolute atomic E-state index is 12.0. The van der Waals surface area contributed by atoms with Crippen molar-refractivity contribution in [2.45, 2.75) is 20.0 Å². The minimum Gasteiger partial charge on any atom is -0.383 e. The molecule has 19 heavy (non-hydrogen) atoms. The molecule has 2 heterocycles. The van der Waals surface area contributed by atoms with Gasteiger partial charge in [-0.3, -0.25) is 4.79 Å². The molecule has 0 atom stereocenters. The molecule has 102 valence electrons.